The molecule has 0 aliphatic heterocycles. The lowest BCUT2D eigenvalue weighted by Crippen LogP contribution is -2.31. The van der Waals surface area contributed by atoms with Gasteiger partial charge in [0.1, 0.15) is 5.69 Å². The highest BCUT2D eigenvalue weighted by molar-refractivity contribution is 5.94. The monoisotopic (exact) mass is 328 g/mol. The number of rotatable bonds is 6. The maximum Gasteiger partial charge on any atom is 0.271 e. The molecule has 0 saturated heterocycles. The van der Waals surface area contributed by atoms with E-state index in [4.69, 9.17) is 0 Å². The van der Waals surface area contributed by atoms with Gasteiger partial charge in [0.25, 0.3) is 17.4 Å². The van der Waals surface area contributed by atoms with Crippen LogP contribution in [0.4, 0.5) is 0 Å². The smallest absolute Gasteiger partial charge is 0.271 e. The van der Waals surface area contributed by atoms with Crippen LogP contribution in [0.5, 0.6) is 0 Å². The van der Waals surface area contributed by atoms with Gasteiger partial charge in [-0.15, -0.1) is 0 Å². The predicted octanol–water partition coefficient (Wildman–Crippen LogP) is 1.23. The Bertz CT molecular complexity index is 748. The molecule has 0 spiro atoms. The Morgan fingerprint density at radius 2 is 1.83 bits per heavy atom. The molecule has 24 heavy (non-hydrogen) atoms. The first-order chi connectivity index (χ1) is 11.5. The maximum atomic E-state index is 12.0. The van der Waals surface area contributed by atoms with Crippen LogP contribution >= 0.6 is 0 Å². The number of carbonyl (C=O) groups is 2. The molecule has 7 nitrogen and oxygen atoms in total. The highest BCUT2D eigenvalue weighted by Crippen LogP contribution is 2.05. The van der Waals surface area contributed by atoms with E-state index in [2.05, 4.69) is 20.8 Å². The van der Waals surface area contributed by atoms with E-state index in [-0.39, 0.29) is 29.1 Å². The molecular weight excluding hydrogens is 308 g/mol. The lowest BCUT2D eigenvalue weighted by atomic mass is 10.1. The number of aromatic amines is 1. The van der Waals surface area contributed by atoms with Gasteiger partial charge in [0.15, 0.2) is 0 Å². The Labute approximate surface area is 139 Å². The summed E-state index contributed by atoms with van der Waals surface area (Å²) in [4.78, 5) is 34.8. The van der Waals surface area contributed by atoms with Crippen molar-refractivity contribution in [1.29, 1.82) is 0 Å². The molecule has 7 heteroatoms. The molecule has 0 unspecified atom stereocenters. The Balaban J connectivity index is 1.92. The quantitative estimate of drug-likeness (QED) is 0.742. The molecule has 1 heterocycles. The molecule has 2 aromatic rings. The second-order valence-corrected chi connectivity index (χ2v) is 5.47. The molecule has 1 aromatic heterocycles. The largest absolute Gasteiger partial charge is 0.350 e. The number of nitrogens with one attached hydrogen (secondary N) is 3. The number of aromatic nitrogens is 2. The second-order valence-electron chi connectivity index (χ2n) is 5.47. The minimum atomic E-state index is -0.384. The van der Waals surface area contributed by atoms with Crippen LogP contribution in [0.25, 0.3) is 0 Å². The van der Waals surface area contributed by atoms with Crippen molar-refractivity contribution in [2.45, 2.75) is 32.9 Å². The molecule has 0 saturated carbocycles. The third-order valence-corrected chi connectivity index (χ3v) is 3.57. The SMILES string of the molecule is CC[C@H](C)NC(=O)c1ccc(CNC(=O)c2ccc(=O)[nH]n2)cc1. The first-order valence-electron chi connectivity index (χ1n) is 7.73. The van der Waals surface area contributed by atoms with Crippen LogP contribution < -0.4 is 16.2 Å². The first-order valence-corrected chi connectivity index (χ1v) is 7.73. The third-order valence-electron chi connectivity index (χ3n) is 3.57. The summed E-state index contributed by atoms with van der Waals surface area (Å²) in [7, 11) is 0. The molecule has 2 rings (SSSR count). The lowest BCUT2D eigenvalue weighted by Gasteiger charge is -2.11. The Hall–Kier alpha value is -2.96. The minimum Gasteiger partial charge on any atom is -0.350 e. The summed E-state index contributed by atoms with van der Waals surface area (Å²) >= 11 is 0. The first kappa shape index (κ1) is 17.4. The van der Waals surface area contributed by atoms with E-state index in [9.17, 15) is 14.4 Å². The van der Waals surface area contributed by atoms with Crippen molar-refractivity contribution in [1.82, 2.24) is 20.8 Å². The molecule has 1 aromatic carbocycles. The molecule has 2 amide bonds. The number of nitrogens with zero attached hydrogens (tertiary/aromatic N) is 1. The molecule has 0 bridgehead atoms. The van der Waals surface area contributed by atoms with Crippen LogP contribution in [0.3, 0.4) is 0 Å². The average molecular weight is 328 g/mol. The Morgan fingerprint density at radius 1 is 1.12 bits per heavy atom. The number of hydrogen-bond donors (Lipinski definition) is 3. The molecule has 126 valence electrons. The highest BCUT2D eigenvalue weighted by Gasteiger charge is 2.09. The summed E-state index contributed by atoms with van der Waals surface area (Å²) in [5.74, 6) is -0.498. The zero-order valence-electron chi connectivity index (χ0n) is 13.6. The van der Waals surface area contributed by atoms with Crippen molar-refractivity contribution in [3.05, 3.63) is 63.6 Å². The molecule has 0 radical (unpaired) electrons. The van der Waals surface area contributed by atoms with Crippen LogP contribution in [0.2, 0.25) is 0 Å². The van der Waals surface area contributed by atoms with E-state index in [1.54, 1.807) is 24.3 Å². The van der Waals surface area contributed by atoms with Crippen LogP contribution in [-0.4, -0.2) is 28.1 Å². The minimum absolute atomic E-state index is 0.114. The van der Waals surface area contributed by atoms with Crippen molar-refractivity contribution in [3.8, 4) is 0 Å². The number of hydrogen-bond acceptors (Lipinski definition) is 4. The fraction of sp³-hybridized carbons (Fsp3) is 0.294. The number of amides is 2. The number of carbonyl (C=O) groups excluding carboxylic acids is 2. The van der Waals surface area contributed by atoms with Gasteiger partial charge >= 0.3 is 0 Å². The third kappa shape index (κ3) is 4.77. The fourth-order valence-corrected chi connectivity index (χ4v) is 1.93. The van der Waals surface area contributed by atoms with Gasteiger partial charge in [-0.3, -0.25) is 14.4 Å². The summed E-state index contributed by atoms with van der Waals surface area (Å²) in [6.45, 7) is 4.26. The van der Waals surface area contributed by atoms with Crippen molar-refractivity contribution in [2.75, 3.05) is 0 Å². The van der Waals surface area contributed by atoms with Gasteiger partial charge in [0, 0.05) is 24.2 Å². The van der Waals surface area contributed by atoms with E-state index in [0.29, 0.717) is 12.1 Å². The van der Waals surface area contributed by atoms with Crippen molar-refractivity contribution >= 4 is 11.8 Å². The van der Waals surface area contributed by atoms with E-state index in [1.807, 2.05) is 13.8 Å². The van der Waals surface area contributed by atoms with Crippen molar-refractivity contribution in [2.24, 2.45) is 0 Å². The van der Waals surface area contributed by atoms with Gasteiger partial charge in [-0.1, -0.05) is 19.1 Å². The summed E-state index contributed by atoms with van der Waals surface area (Å²) < 4.78 is 0. The van der Waals surface area contributed by atoms with Gasteiger partial charge < -0.3 is 10.6 Å². The molecular formula is C17H20N4O3. The topological polar surface area (TPSA) is 104 Å². The summed E-state index contributed by atoms with van der Waals surface area (Å²) in [5.41, 5.74) is 1.21. The molecule has 0 aliphatic carbocycles. The van der Waals surface area contributed by atoms with Gasteiger partial charge in [-0.25, -0.2) is 5.10 Å². The van der Waals surface area contributed by atoms with Gasteiger partial charge in [-0.05, 0) is 37.1 Å². The van der Waals surface area contributed by atoms with E-state index >= 15 is 0 Å². The van der Waals surface area contributed by atoms with Crippen molar-refractivity contribution in [3.63, 3.8) is 0 Å². The van der Waals surface area contributed by atoms with Crippen molar-refractivity contribution < 1.29 is 9.59 Å². The van der Waals surface area contributed by atoms with Gasteiger partial charge in [0.05, 0.1) is 0 Å². The van der Waals surface area contributed by atoms with E-state index in [0.717, 1.165) is 12.0 Å². The molecule has 3 N–H and O–H groups in total. The molecule has 0 aliphatic rings. The van der Waals surface area contributed by atoms with E-state index < -0.39 is 0 Å². The summed E-state index contributed by atoms with van der Waals surface area (Å²) in [5, 5.41) is 11.5. The standard InChI is InChI=1S/C17H20N4O3/c1-3-11(2)19-16(23)13-6-4-12(5-7-13)10-18-17(24)14-8-9-15(22)21-20-14/h4-9,11H,3,10H2,1-2H3,(H,18,24)(H,19,23)(H,21,22)/t11-/m0/s1. The Kier molecular flexibility index (Phi) is 5.83. The normalized spacial score (nSPS) is 11.6. The van der Waals surface area contributed by atoms with Crippen LogP contribution in [0.1, 0.15) is 46.7 Å². The average Bonchev–Trinajstić information content (AvgIpc) is 2.60. The zero-order chi connectivity index (χ0) is 17.5. The van der Waals surface area contributed by atoms with Crippen LogP contribution in [-0.2, 0) is 6.54 Å². The second kappa shape index (κ2) is 8.05. The Morgan fingerprint density at radius 3 is 2.42 bits per heavy atom. The number of benzene rings is 1. The lowest BCUT2D eigenvalue weighted by molar-refractivity contribution is 0.0932. The fourth-order valence-electron chi connectivity index (χ4n) is 1.93. The molecule has 1 atom stereocenters. The summed E-state index contributed by atoms with van der Waals surface area (Å²) in [6.07, 6.45) is 0.870. The maximum absolute atomic E-state index is 12.0. The zero-order valence-corrected chi connectivity index (χ0v) is 13.6. The summed E-state index contributed by atoms with van der Waals surface area (Å²) in [6, 6.07) is 9.73. The molecule has 0 fully saturated rings. The van der Waals surface area contributed by atoms with Crippen LogP contribution in [0.15, 0.2) is 41.2 Å². The highest BCUT2D eigenvalue weighted by atomic mass is 16.2. The van der Waals surface area contributed by atoms with E-state index in [1.165, 1.54) is 12.1 Å². The van der Waals surface area contributed by atoms with Gasteiger partial charge in [-0.2, -0.15) is 5.10 Å². The van der Waals surface area contributed by atoms with Gasteiger partial charge in [0.2, 0.25) is 0 Å². The predicted molar refractivity (Wildman–Crippen MR) is 89.7 cm³/mol. The van der Waals surface area contributed by atoms with Crippen LogP contribution in [0, 0.1) is 0 Å². The number of H-pyrrole nitrogens is 1.